The molecular formula is C13H11NO4S. The molecule has 0 spiro atoms. The first-order valence-corrected chi connectivity index (χ1v) is 6.75. The highest BCUT2D eigenvalue weighted by Crippen LogP contribution is 2.37. The van der Waals surface area contributed by atoms with Crippen LogP contribution in [-0.2, 0) is 4.79 Å². The van der Waals surface area contributed by atoms with Crippen molar-refractivity contribution in [1.29, 1.82) is 0 Å². The van der Waals surface area contributed by atoms with E-state index in [9.17, 15) is 4.79 Å². The van der Waals surface area contributed by atoms with Crippen LogP contribution in [0.1, 0.15) is 0 Å². The van der Waals surface area contributed by atoms with Crippen LogP contribution in [0.4, 0.5) is 0 Å². The molecule has 0 fully saturated rings. The number of fused-ring (bicyclic) bond motifs is 2. The summed E-state index contributed by atoms with van der Waals surface area (Å²) in [4.78, 5) is 15.8. The number of benzene rings is 1. The van der Waals surface area contributed by atoms with Crippen LogP contribution in [-0.4, -0.2) is 35.0 Å². The number of carboxylic acids is 1. The lowest BCUT2D eigenvalue weighted by atomic mass is 10.2. The smallest absolute Gasteiger partial charge is 0.313 e. The summed E-state index contributed by atoms with van der Waals surface area (Å²) >= 11 is 1.27. The highest BCUT2D eigenvalue weighted by atomic mass is 32.2. The van der Waals surface area contributed by atoms with Gasteiger partial charge in [-0.25, -0.2) is 0 Å². The van der Waals surface area contributed by atoms with Crippen LogP contribution in [0, 0.1) is 0 Å². The number of aliphatic carboxylic acids is 1. The largest absolute Gasteiger partial charge is 0.486 e. The minimum Gasteiger partial charge on any atom is -0.486 e. The van der Waals surface area contributed by atoms with Crippen molar-refractivity contribution in [1.82, 2.24) is 4.98 Å². The highest BCUT2D eigenvalue weighted by Gasteiger charge is 2.15. The van der Waals surface area contributed by atoms with Crippen molar-refractivity contribution < 1.29 is 19.4 Å². The molecule has 2 heterocycles. The van der Waals surface area contributed by atoms with Crippen LogP contribution < -0.4 is 9.47 Å². The lowest BCUT2D eigenvalue weighted by Crippen LogP contribution is -2.15. The fourth-order valence-corrected chi connectivity index (χ4v) is 2.68. The molecule has 0 bridgehead atoms. The minimum atomic E-state index is -0.840. The van der Waals surface area contributed by atoms with E-state index in [4.69, 9.17) is 14.6 Å². The molecule has 0 saturated heterocycles. The average molecular weight is 277 g/mol. The zero-order chi connectivity index (χ0) is 13.2. The third kappa shape index (κ3) is 2.44. The van der Waals surface area contributed by atoms with Crippen LogP contribution in [0.15, 0.2) is 29.3 Å². The molecule has 3 rings (SSSR count). The van der Waals surface area contributed by atoms with Crippen molar-refractivity contribution >= 4 is 28.6 Å². The van der Waals surface area contributed by atoms with Gasteiger partial charge in [0, 0.05) is 22.5 Å². The number of pyridine rings is 1. The Morgan fingerprint density at radius 1 is 1.32 bits per heavy atom. The second-order valence-electron chi connectivity index (χ2n) is 4.00. The summed E-state index contributed by atoms with van der Waals surface area (Å²) in [7, 11) is 0. The molecule has 0 saturated carbocycles. The fraction of sp³-hybridized carbons (Fsp3) is 0.231. The Morgan fingerprint density at radius 3 is 2.79 bits per heavy atom. The van der Waals surface area contributed by atoms with Crippen LogP contribution in [0.2, 0.25) is 0 Å². The molecule has 98 valence electrons. The number of hydrogen-bond acceptors (Lipinski definition) is 5. The number of rotatable bonds is 3. The van der Waals surface area contributed by atoms with Gasteiger partial charge in [-0.3, -0.25) is 9.78 Å². The van der Waals surface area contributed by atoms with Gasteiger partial charge < -0.3 is 14.6 Å². The van der Waals surface area contributed by atoms with E-state index >= 15 is 0 Å². The SMILES string of the molecule is O=C(O)CSc1ccnc2cc3c(cc12)OCCO3. The molecule has 1 aromatic carbocycles. The maximum atomic E-state index is 10.7. The molecule has 0 radical (unpaired) electrons. The van der Waals surface area contributed by atoms with Crippen molar-refractivity contribution in [3.63, 3.8) is 0 Å². The molecule has 0 unspecified atom stereocenters. The van der Waals surface area contributed by atoms with Gasteiger partial charge >= 0.3 is 5.97 Å². The van der Waals surface area contributed by atoms with E-state index in [-0.39, 0.29) is 5.75 Å². The first-order chi connectivity index (χ1) is 9.24. The van der Waals surface area contributed by atoms with E-state index in [0.29, 0.717) is 24.7 Å². The summed E-state index contributed by atoms with van der Waals surface area (Å²) in [6.07, 6.45) is 1.67. The van der Waals surface area contributed by atoms with E-state index in [2.05, 4.69) is 4.98 Å². The number of nitrogens with zero attached hydrogens (tertiary/aromatic N) is 1. The third-order valence-electron chi connectivity index (χ3n) is 2.72. The van der Waals surface area contributed by atoms with Crippen molar-refractivity contribution in [3.8, 4) is 11.5 Å². The molecule has 1 aromatic heterocycles. The van der Waals surface area contributed by atoms with Gasteiger partial charge in [-0.1, -0.05) is 0 Å². The summed E-state index contributed by atoms with van der Waals surface area (Å²) in [6, 6.07) is 5.50. The lowest BCUT2D eigenvalue weighted by molar-refractivity contribution is -0.133. The highest BCUT2D eigenvalue weighted by molar-refractivity contribution is 8.00. The normalized spacial score (nSPS) is 13.5. The number of ether oxygens (including phenoxy) is 2. The van der Waals surface area contributed by atoms with Gasteiger partial charge in [0.1, 0.15) is 13.2 Å². The quantitative estimate of drug-likeness (QED) is 0.867. The molecular weight excluding hydrogens is 266 g/mol. The van der Waals surface area contributed by atoms with Crippen molar-refractivity contribution in [2.75, 3.05) is 19.0 Å². The van der Waals surface area contributed by atoms with Crippen LogP contribution >= 0.6 is 11.8 Å². The van der Waals surface area contributed by atoms with Gasteiger partial charge in [-0.15, -0.1) is 11.8 Å². The minimum absolute atomic E-state index is 0.0214. The van der Waals surface area contributed by atoms with Gasteiger partial charge in [0.2, 0.25) is 0 Å². The third-order valence-corrected chi connectivity index (χ3v) is 3.77. The number of carbonyl (C=O) groups is 1. The molecule has 5 nitrogen and oxygen atoms in total. The van der Waals surface area contributed by atoms with Gasteiger partial charge in [0.25, 0.3) is 0 Å². The van der Waals surface area contributed by atoms with Crippen LogP contribution in [0.5, 0.6) is 11.5 Å². The summed E-state index contributed by atoms with van der Waals surface area (Å²) in [6.45, 7) is 1.06. The maximum Gasteiger partial charge on any atom is 0.313 e. The second-order valence-corrected chi connectivity index (χ2v) is 5.02. The molecule has 0 atom stereocenters. The standard InChI is InChI=1S/C13H11NO4S/c15-13(16)7-19-12-1-2-14-9-6-11-10(5-8(9)12)17-3-4-18-11/h1-2,5-6H,3-4,7H2,(H,15,16). The molecule has 1 aliphatic heterocycles. The maximum absolute atomic E-state index is 10.7. The van der Waals surface area contributed by atoms with Crippen LogP contribution in [0.25, 0.3) is 10.9 Å². The summed E-state index contributed by atoms with van der Waals surface area (Å²) < 4.78 is 11.0. The summed E-state index contributed by atoms with van der Waals surface area (Å²) in [5, 5.41) is 9.64. The Balaban J connectivity index is 2.05. The topological polar surface area (TPSA) is 68.7 Å². The monoisotopic (exact) mass is 277 g/mol. The Labute approximate surface area is 113 Å². The number of thioether (sulfide) groups is 1. The van der Waals surface area contributed by atoms with Crippen LogP contribution in [0.3, 0.4) is 0 Å². The van der Waals surface area contributed by atoms with Crippen molar-refractivity contribution in [2.24, 2.45) is 0 Å². The molecule has 0 amide bonds. The Bertz CT molecular complexity index is 644. The predicted molar refractivity (Wildman–Crippen MR) is 71.1 cm³/mol. The summed E-state index contributed by atoms with van der Waals surface area (Å²) in [5.41, 5.74) is 0.777. The zero-order valence-corrected chi connectivity index (χ0v) is 10.8. The van der Waals surface area contributed by atoms with E-state index < -0.39 is 5.97 Å². The second kappa shape index (κ2) is 4.97. The first-order valence-electron chi connectivity index (χ1n) is 5.77. The van der Waals surface area contributed by atoms with E-state index in [1.165, 1.54) is 11.8 Å². The van der Waals surface area contributed by atoms with Gasteiger partial charge in [0.15, 0.2) is 11.5 Å². The zero-order valence-electron chi connectivity index (χ0n) is 9.96. The fourth-order valence-electron chi connectivity index (χ4n) is 1.92. The molecule has 1 aliphatic rings. The first kappa shape index (κ1) is 12.1. The number of hydrogen-bond donors (Lipinski definition) is 1. The Kier molecular flexibility index (Phi) is 3.16. The molecule has 6 heteroatoms. The predicted octanol–water partition coefficient (Wildman–Crippen LogP) is 2.18. The lowest BCUT2D eigenvalue weighted by Gasteiger charge is -2.19. The molecule has 19 heavy (non-hydrogen) atoms. The van der Waals surface area contributed by atoms with Crippen molar-refractivity contribution in [2.45, 2.75) is 4.90 Å². The van der Waals surface area contributed by atoms with Gasteiger partial charge in [-0.05, 0) is 12.1 Å². The molecule has 2 aromatic rings. The van der Waals surface area contributed by atoms with E-state index in [0.717, 1.165) is 15.8 Å². The van der Waals surface area contributed by atoms with Gasteiger partial charge in [-0.2, -0.15) is 0 Å². The Morgan fingerprint density at radius 2 is 2.05 bits per heavy atom. The Hall–Kier alpha value is -1.95. The summed E-state index contributed by atoms with van der Waals surface area (Å²) in [5.74, 6) is 0.552. The van der Waals surface area contributed by atoms with Gasteiger partial charge in [0.05, 0.1) is 11.3 Å². The number of aromatic nitrogens is 1. The molecule has 0 aliphatic carbocycles. The van der Waals surface area contributed by atoms with E-state index in [1.54, 1.807) is 6.20 Å². The average Bonchev–Trinajstić information content (AvgIpc) is 2.42. The van der Waals surface area contributed by atoms with E-state index in [1.807, 2.05) is 18.2 Å². The number of carboxylic acid groups (broad SMARTS) is 1. The molecule has 1 N–H and O–H groups in total. The van der Waals surface area contributed by atoms with Crippen molar-refractivity contribution in [3.05, 3.63) is 24.4 Å².